The van der Waals surface area contributed by atoms with E-state index in [1.165, 1.54) is 135 Å². The molecule has 56 heavy (non-hydrogen) atoms. The molecule has 6 atom stereocenters. The van der Waals surface area contributed by atoms with Crippen molar-refractivity contribution in [3.63, 3.8) is 0 Å². The predicted octanol–water partition coefficient (Wildman–Crippen LogP) is 9.95. The number of carbonyl (C=O) groups excluding carboxylic acids is 2. The summed E-state index contributed by atoms with van der Waals surface area (Å²) < 4.78 is 22.2. The third kappa shape index (κ3) is 28.8. The number of aliphatic hydroxyl groups is 4. The van der Waals surface area contributed by atoms with Crippen LogP contribution in [-0.4, -0.2) is 89.0 Å². The average molecular weight is 799 g/mol. The van der Waals surface area contributed by atoms with Crippen LogP contribution in [0, 0.1) is 0 Å². The third-order valence-corrected chi connectivity index (χ3v) is 10.9. The molecule has 0 aromatic carbocycles. The molecule has 0 saturated carbocycles. The van der Waals surface area contributed by atoms with Crippen molar-refractivity contribution in [2.24, 2.45) is 0 Å². The average Bonchev–Trinajstić information content (AvgIpc) is 3.19. The van der Waals surface area contributed by atoms with Crippen LogP contribution in [0.3, 0.4) is 0 Å². The standard InChI is InChI=1S/C46H86O10/c1-3-5-7-9-11-13-15-17-19-21-23-25-27-29-31-33-35-42(49)55-39(38-54-46-45(52)44(51)43(50)40(36-47)56-46)37-53-41(48)34-32-30-28-26-24-22-20-18-16-14-12-10-8-6-4-2/h24,26,39-40,43-47,50-52H,3-23,25,27-38H2,1-2H3/b26-24+/t39-,40-,43+,44?,45?,46-/m1/s1. The van der Waals surface area contributed by atoms with E-state index in [9.17, 15) is 30.0 Å². The van der Waals surface area contributed by atoms with E-state index >= 15 is 0 Å². The van der Waals surface area contributed by atoms with Crippen LogP contribution in [0.5, 0.6) is 0 Å². The number of hydrogen-bond donors (Lipinski definition) is 4. The molecule has 2 unspecified atom stereocenters. The van der Waals surface area contributed by atoms with E-state index in [4.69, 9.17) is 18.9 Å². The van der Waals surface area contributed by atoms with Gasteiger partial charge in [0.2, 0.25) is 0 Å². The Balaban J connectivity index is 2.32. The van der Waals surface area contributed by atoms with Gasteiger partial charge in [-0.3, -0.25) is 9.59 Å². The molecule has 10 nitrogen and oxygen atoms in total. The van der Waals surface area contributed by atoms with E-state index in [1.54, 1.807) is 0 Å². The van der Waals surface area contributed by atoms with Crippen LogP contribution >= 0.6 is 0 Å². The first-order chi connectivity index (χ1) is 27.3. The fraction of sp³-hybridized carbons (Fsp3) is 0.913. The number of esters is 2. The minimum atomic E-state index is -1.59. The zero-order valence-electron chi connectivity index (χ0n) is 35.9. The molecule has 1 saturated heterocycles. The molecule has 0 spiro atoms. The summed E-state index contributed by atoms with van der Waals surface area (Å²) in [6.07, 6.45) is 32.2. The number of rotatable bonds is 39. The van der Waals surface area contributed by atoms with E-state index in [-0.39, 0.29) is 26.1 Å². The largest absolute Gasteiger partial charge is 0.462 e. The first-order valence-electron chi connectivity index (χ1n) is 23.3. The molecule has 1 aliphatic rings. The number of aliphatic hydroxyl groups excluding tert-OH is 4. The third-order valence-electron chi connectivity index (χ3n) is 10.9. The van der Waals surface area contributed by atoms with Crippen LogP contribution in [0.25, 0.3) is 0 Å². The lowest BCUT2D eigenvalue weighted by Crippen LogP contribution is -2.59. The minimum Gasteiger partial charge on any atom is -0.462 e. The highest BCUT2D eigenvalue weighted by Crippen LogP contribution is 2.23. The summed E-state index contributed by atoms with van der Waals surface area (Å²) in [5, 5.41) is 40.1. The Morgan fingerprint density at radius 2 is 0.946 bits per heavy atom. The van der Waals surface area contributed by atoms with Gasteiger partial charge in [-0.05, 0) is 38.5 Å². The quantitative estimate of drug-likeness (QED) is 0.0269. The molecule has 1 rings (SSSR count). The highest BCUT2D eigenvalue weighted by atomic mass is 16.7. The molecule has 0 radical (unpaired) electrons. The Hall–Kier alpha value is -1.56. The van der Waals surface area contributed by atoms with Crippen molar-refractivity contribution in [1.29, 1.82) is 0 Å². The molecule has 10 heteroatoms. The van der Waals surface area contributed by atoms with Crippen LogP contribution in [0.1, 0.15) is 213 Å². The molecule has 1 aliphatic heterocycles. The normalized spacial score (nSPS) is 20.4. The molecule has 4 N–H and O–H groups in total. The van der Waals surface area contributed by atoms with Crippen molar-refractivity contribution >= 4 is 11.9 Å². The second kappa shape index (κ2) is 37.7. The first-order valence-corrected chi connectivity index (χ1v) is 23.3. The summed E-state index contributed by atoms with van der Waals surface area (Å²) >= 11 is 0. The summed E-state index contributed by atoms with van der Waals surface area (Å²) in [5.41, 5.74) is 0. The predicted molar refractivity (Wildman–Crippen MR) is 224 cm³/mol. The molecule has 1 fully saturated rings. The summed E-state index contributed by atoms with van der Waals surface area (Å²) in [6, 6.07) is 0. The summed E-state index contributed by atoms with van der Waals surface area (Å²) in [6.45, 7) is 3.43. The highest BCUT2D eigenvalue weighted by Gasteiger charge is 2.44. The van der Waals surface area contributed by atoms with Crippen LogP contribution in [0.15, 0.2) is 12.2 Å². The van der Waals surface area contributed by atoms with Gasteiger partial charge in [0.1, 0.15) is 31.0 Å². The van der Waals surface area contributed by atoms with Crippen molar-refractivity contribution in [2.45, 2.75) is 250 Å². The van der Waals surface area contributed by atoms with Gasteiger partial charge in [0.05, 0.1) is 13.2 Å². The van der Waals surface area contributed by atoms with Crippen molar-refractivity contribution in [3.05, 3.63) is 12.2 Å². The summed E-state index contributed by atoms with van der Waals surface area (Å²) in [5.74, 6) is -0.821. The Morgan fingerprint density at radius 3 is 1.43 bits per heavy atom. The Bertz CT molecular complexity index is 928. The van der Waals surface area contributed by atoms with Gasteiger partial charge in [-0.1, -0.05) is 174 Å². The van der Waals surface area contributed by atoms with Crippen molar-refractivity contribution in [1.82, 2.24) is 0 Å². The molecule has 0 aromatic heterocycles. The second-order valence-electron chi connectivity index (χ2n) is 16.2. The fourth-order valence-corrected chi connectivity index (χ4v) is 7.18. The Labute approximate surface area is 341 Å². The zero-order chi connectivity index (χ0) is 40.9. The maximum Gasteiger partial charge on any atom is 0.306 e. The molecule has 0 aliphatic carbocycles. The smallest absolute Gasteiger partial charge is 0.306 e. The molecular weight excluding hydrogens is 712 g/mol. The molecule has 0 bridgehead atoms. The van der Waals surface area contributed by atoms with Crippen LogP contribution < -0.4 is 0 Å². The van der Waals surface area contributed by atoms with Gasteiger partial charge < -0.3 is 39.4 Å². The minimum absolute atomic E-state index is 0.223. The van der Waals surface area contributed by atoms with Gasteiger partial charge >= 0.3 is 11.9 Å². The first kappa shape index (κ1) is 52.5. The maximum absolute atomic E-state index is 12.8. The highest BCUT2D eigenvalue weighted by molar-refractivity contribution is 5.70. The number of allylic oxidation sites excluding steroid dienone is 2. The monoisotopic (exact) mass is 799 g/mol. The van der Waals surface area contributed by atoms with E-state index in [0.29, 0.717) is 12.8 Å². The summed E-state index contributed by atoms with van der Waals surface area (Å²) in [7, 11) is 0. The number of carbonyl (C=O) groups is 2. The number of ether oxygens (including phenoxy) is 4. The topological polar surface area (TPSA) is 152 Å². The van der Waals surface area contributed by atoms with Crippen molar-refractivity contribution in [3.8, 4) is 0 Å². The van der Waals surface area contributed by atoms with E-state index in [1.807, 2.05) is 0 Å². The van der Waals surface area contributed by atoms with Crippen LogP contribution in [0.2, 0.25) is 0 Å². The lowest BCUT2D eigenvalue weighted by Gasteiger charge is -2.39. The Morgan fingerprint density at radius 1 is 0.536 bits per heavy atom. The Kier molecular flexibility index (Phi) is 35.3. The lowest BCUT2D eigenvalue weighted by molar-refractivity contribution is -0.305. The fourth-order valence-electron chi connectivity index (χ4n) is 7.18. The molecular formula is C46H86O10. The van der Waals surface area contributed by atoms with E-state index < -0.39 is 55.4 Å². The van der Waals surface area contributed by atoms with Gasteiger partial charge in [0.25, 0.3) is 0 Å². The van der Waals surface area contributed by atoms with E-state index in [2.05, 4.69) is 26.0 Å². The van der Waals surface area contributed by atoms with Gasteiger partial charge in [-0.15, -0.1) is 0 Å². The zero-order valence-corrected chi connectivity index (χ0v) is 35.9. The van der Waals surface area contributed by atoms with Crippen LogP contribution in [-0.2, 0) is 28.5 Å². The second-order valence-corrected chi connectivity index (χ2v) is 16.2. The molecule has 0 amide bonds. The van der Waals surface area contributed by atoms with E-state index in [0.717, 1.165) is 38.5 Å². The SMILES string of the molecule is CCCCCCCCCCC/C=C/CCCCC(=O)OC[C@H](CO[C@@H]1O[C@H](CO)[C@H](O)C(O)C1O)OC(=O)CCCCCCCCCCCCCCCCCC. The van der Waals surface area contributed by atoms with Crippen molar-refractivity contribution in [2.75, 3.05) is 19.8 Å². The van der Waals surface area contributed by atoms with Gasteiger partial charge in [0.15, 0.2) is 12.4 Å². The van der Waals surface area contributed by atoms with Gasteiger partial charge in [0, 0.05) is 12.8 Å². The number of unbranched alkanes of at least 4 members (excludes halogenated alkanes) is 26. The molecule has 330 valence electrons. The van der Waals surface area contributed by atoms with Crippen LogP contribution in [0.4, 0.5) is 0 Å². The number of hydrogen-bond acceptors (Lipinski definition) is 10. The molecule has 1 heterocycles. The molecule has 0 aromatic rings. The van der Waals surface area contributed by atoms with Crippen molar-refractivity contribution < 1.29 is 49.0 Å². The van der Waals surface area contributed by atoms with Gasteiger partial charge in [-0.25, -0.2) is 0 Å². The summed E-state index contributed by atoms with van der Waals surface area (Å²) in [4.78, 5) is 25.3. The maximum atomic E-state index is 12.8. The van der Waals surface area contributed by atoms with Gasteiger partial charge in [-0.2, -0.15) is 0 Å². The lowest BCUT2D eigenvalue weighted by atomic mass is 9.99.